The lowest BCUT2D eigenvalue weighted by Gasteiger charge is -2.19. The highest BCUT2D eigenvalue weighted by atomic mass is 79.9. The minimum Gasteiger partial charge on any atom is -0.335 e. The Morgan fingerprint density at radius 2 is 1.90 bits per heavy atom. The summed E-state index contributed by atoms with van der Waals surface area (Å²) in [5.41, 5.74) is 2.21. The number of nitrogen functional groups attached to an aromatic ring is 1. The van der Waals surface area contributed by atoms with Crippen molar-refractivity contribution in [3.63, 3.8) is 0 Å². The van der Waals surface area contributed by atoms with E-state index in [4.69, 9.17) is 5.84 Å². The second-order valence-electron chi connectivity index (χ2n) is 7.46. The van der Waals surface area contributed by atoms with Crippen molar-refractivity contribution in [1.82, 2.24) is 14.9 Å². The zero-order chi connectivity index (χ0) is 21.2. The summed E-state index contributed by atoms with van der Waals surface area (Å²) in [5.74, 6) is 5.76. The molecule has 0 aliphatic carbocycles. The number of hydrogen-bond donors (Lipinski definition) is 2. The molecule has 0 fully saturated rings. The second-order valence-corrected chi connectivity index (χ2v) is 9.32. The van der Waals surface area contributed by atoms with Gasteiger partial charge in [0.05, 0.1) is 11.4 Å². The van der Waals surface area contributed by atoms with E-state index in [-0.39, 0.29) is 22.8 Å². The van der Waals surface area contributed by atoms with Gasteiger partial charge >= 0.3 is 0 Å². The Morgan fingerprint density at radius 3 is 2.52 bits per heavy atom. The molecule has 3 aromatic rings. The number of rotatable bonds is 5. The van der Waals surface area contributed by atoms with Gasteiger partial charge in [0.15, 0.2) is 5.82 Å². The van der Waals surface area contributed by atoms with E-state index in [0.29, 0.717) is 15.5 Å². The Balaban J connectivity index is 1.66. The maximum Gasteiger partial charge on any atom is 0.234 e. The van der Waals surface area contributed by atoms with E-state index < -0.39 is 5.82 Å². The number of hydrogen-bond acceptors (Lipinski definition) is 5. The van der Waals surface area contributed by atoms with E-state index in [1.165, 1.54) is 22.4 Å². The quantitative estimate of drug-likeness (QED) is 0.414. The molecule has 0 atom stereocenters. The molecule has 0 aliphatic rings. The maximum absolute atomic E-state index is 13.8. The number of nitrogens with two attached hydrogens (primary N) is 1. The standard InChI is InChI=1S/C20H21BrFN5OS/c1-20(2,3)13-6-4-12(5-7-13)18-25-26-19(27(18)23)29-11-17(28)24-16-9-8-14(21)10-15(16)22/h4-10H,11,23H2,1-3H3,(H,24,28). The first-order valence-electron chi connectivity index (χ1n) is 8.84. The molecule has 0 aliphatic heterocycles. The molecule has 29 heavy (non-hydrogen) atoms. The van der Waals surface area contributed by atoms with E-state index in [2.05, 4.69) is 52.2 Å². The number of nitrogens with one attached hydrogen (secondary N) is 1. The summed E-state index contributed by atoms with van der Waals surface area (Å²) in [6.07, 6.45) is 0. The number of carbonyl (C=O) groups excluding carboxylic acids is 1. The molecule has 3 N–H and O–H groups in total. The van der Waals surface area contributed by atoms with Crippen LogP contribution in [0, 0.1) is 5.82 Å². The Kier molecular flexibility index (Phi) is 6.28. The zero-order valence-corrected chi connectivity index (χ0v) is 18.6. The monoisotopic (exact) mass is 477 g/mol. The summed E-state index contributed by atoms with van der Waals surface area (Å²) < 4.78 is 15.8. The summed E-state index contributed by atoms with van der Waals surface area (Å²) in [6, 6.07) is 12.4. The molecule has 0 saturated heterocycles. The van der Waals surface area contributed by atoms with Gasteiger partial charge in [-0.2, -0.15) is 0 Å². The van der Waals surface area contributed by atoms with Crippen molar-refractivity contribution in [3.05, 3.63) is 58.3 Å². The summed E-state index contributed by atoms with van der Waals surface area (Å²) in [5, 5.41) is 11.1. The van der Waals surface area contributed by atoms with Crippen LogP contribution >= 0.6 is 27.7 Å². The minimum atomic E-state index is -0.513. The van der Waals surface area contributed by atoms with Crippen molar-refractivity contribution in [3.8, 4) is 11.4 Å². The van der Waals surface area contributed by atoms with Gasteiger partial charge in [0, 0.05) is 10.0 Å². The van der Waals surface area contributed by atoms with Crippen LogP contribution in [0.15, 0.2) is 52.1 Å². The first-order valence-corrected chi connectivity index (χ1v) is 10.6. The van der Waals surface area contributed by atoms with Crippen LogP contribution in [0.4, 0.5) is 10.1 Å². The molecule has 9 heteroatoms. The van der Waals surface area contributed by atoms with E-state index in [1.54, 1.807) is 6.07 Å². The van der Waals surface area contributed by atoms with E-state index in [0.717, 1.165) is 17.3 Å². The van der Waals surface area contributed by atoms with Crippen molar-refractivity contribution in [2.75, 3.05) is 16.9 Å². The SMILES string of the molecule is CC(C)(C)c1ccc(-c2nnc(SCC(=O)Nc3ccc(Br)cc3F)n2N)cc1. The fourth-order valence-corrected chi connectivity index (χ4v) is 3.59. The number of nitrogens with zero attached hydrogens (tertiary/aromatic N) is 3. The van der Waals surface area contributed by atoms with Gasteiger partial charge in [0.25, 0.3) is 0 Å². The molecule has 0 spiro atoms. The minimum absolute atomic E-state index is 0.0216. The Labute approximate surface area is 181 Å². The van der Waals surface area contributed by atoms with Gasteiger partial charge in [-0.3, -0.25) is 4.79 Å². The predicted octanol–water partition coefficient (Wildman–Crippen LogP) is 4.59. The molecule has 0 bridgehead atoms. The normalized spacial score (nSPS) is 11.5. The summed E-state index contributed by atoms with van der Waals surface area (Å²) >= 11 is 4.30. The molecule has 0 radical (unpaired) electrons. The highest BCUT2D eigenvalue weighted by molar-refractivity contribution is 9.10. The van der Waals surface area contributed by atoms with Gasteiger partial charge in [-0.1, -0.05) is 72.7 Å². The third kappa shape index (κ3) is 5.16. The van der Waals surface area contributed by atoms with E-state index in [1.807, 2.05) is 24.3 Å². The number of anilines is 1. The number of thioether (sulfide) groups is 1. The van der Waals surface area contributed by atoms with Gasteiger partial charge in [0.2, 0.25) is 11.1 Å². The fourth-order valence-electron chi connectivity index (χ4n) is 2.60. The van der Waals surface area contributed by atoms with Gasteiger partial charge in [-0.25, -0.2) is 9.07 Å². The summed E-state index contributed by atoms with van der Waals surface area (Å²) in [6.45, 7) is 6.44. The molecule has 152 valence electrons. The van der Waals surface area contributed by atoms with Crippen LogP contribution in [0.5, 0.6) is 0 Å². The highest BCUT2D eigenvalue weighted by Gasteiger charge is 2.17. The molecule has 6 nitrogen and oxygen atoms in total. The third-order valence-corrected chi connectivity index (χ3v) is 5.65. The van der Waals surface area contributed by atoms with Crippen LogP contribution in [0.1, 0.15) is 26.3 Å². The van der Waals surface area contributed by atoms with Gasteiger partial charge < -0.3 is 11.2 Å². The number of aromatic nitrogens is 3. The molecule has 0 unspecified atom stereocenters. The van der Waals surface area contributed by atoms with Gasteiger partial charge in [-0.05, 0) is 29.2 Å². The lowest BCUT2D eigenvalue weighted by atomic mass is 9.87. The molecular formula is C20H21BrFN5OS. The van der Waals surface area contributed by atoms with Crippen LogP contribution in [0.3, 0.4) is 0 Å². The topological polar surface area (TPSA) is 85.8 Å². The van der Waals surface area contributed by atoms with Crippen molar-refractivity contribution in [2.24, 2.45) is 0 Å². The van der Waals surface area contributed by atoms with Crippen LogP contribution in [0.2, 0.25) is 0 Å². The maximum atomic E-state index is 13.8. The van der Waals surface area contributed by atoms with Crippen LogP contribution in [-0.4, -0.2) is 26.5 Å². The van der Waals surface area contributed by atoms with Crippen molar-refractivity contribution >= 4 is 39.3 Å². The van der Waals surface area contributed by atoms with Crippen LogP contribution in [0.25, 0.3) is 11.4 Å². The molecule has 1 amide bonds. The predicted molar refractivity (Wildman–Crippen MR) is 118 cm³/mol. The van der Waals surface area contributed by atoms with Crippen molar-refractivity contribution < 1.29 is 9.18 Å². The Hall–Kier alpha value is -2.39. The first kappa shape index (κ1) is 21.3. The highest BCUT2D eigenvalue weighted by Crippen LogP contribution is 2.27. The number of benzene rings is 2. The second kappa shape index (κ2) is 8.54. The van der Waals surface area contributed by atoms with Gasteiger partial charge in [-0.15, -0.1) is 10.2 Å². The first-order chi connectivity index (χ1) is 13.6. The van der Waals surface area contributed by atoms with Crippen molar-refractivity contribution in [1.29, 1.82) is 0 Å². The lowest BCUT2D eigenvalue weighted by molar-refractivity contribution is -0.113. The molecule has 3 rings (SSSR count). The number of amides is 1. The molecular weight excluding hydrogens is 457 g/mol. The Morgan fingerprint density at radius 1 is 1.21 bits per heavy atom. The number of halogens is 2. The number of carbonyl (C=O) groups is 1. The zero-order valence-electron chi connectivity index (χ0n) is 16.2. The summed E-state index contributed by atoms with van der Waals surface area (Å²) in [4.78, 5) is 12.1. The van der Waals surface area contributed by atoms with Crippen molar-refractivity contribution in [2.45, 2.75) is 31.3 Å². The molecule has 1 heterocycles. The third-order valence-electron chi connectivity index (χ3n) is 4.21. The fraction of sp³-hybridized carbons (Fsp3) is 0.250. The van der Waals surface area contributed by atoms with Crippen LogP contribution in [-0.2, 0) is 10.2 Å². The van der Waals surface area contributed by atoms with E-state index in [9.17, 15) is 9.18 Å². The summed E-state index contributed by atoms with van der Waals surface area (Å²) in [7, 11) is 0. The molecule has 1 aromatic heterocycles. The average Bonchev–Trinajstić information content (AvgIpc) is 3.02. The van der Waals surface area contributed by atoms with E-state index >= 15 is 0 Å². The lowest BCUT2D eigenvalue weighted by Crippen LogP contribution is -2.17. The van der Waals surface area contributed by atoms with Crippen LogP contribution < -0.4 is 11.2 Å². The Bertz CT molecular complexity index is 1030. The largest absolute Gasteiger partial charge is 0.335 e. The smallest absolute Gasteiger partial charge is 0.234 e. The molecule has 0 saturated carbocycles. The average molecular weight is 478 g/mol. The molecule has 2 aromatic carbocycles. The van der Waals surface area contributed by atoms with Gasteiger partial charge in [0.1, 0.15) is 5.82 Å².